The van der Waals surface area contributed by atoms with Crippen LogP contribution in [0.25, 0.3) is 22.3 Å². The lowest BCUT2D eigenvalue weighted by Gasteiger charge is -2.26. The second kappa shape index (κ2) is 12.7. The molecular formula is C38H44N4O2. The summed E-state index contributed by atoms with van der Waals surface area (Å²) < 4.78 is 0. The van der Waals surface area contributed by atoms with Gasteiger partial charge in [-0.1, -0.05) is 66.5 Å². The highest BCUT2D eigenvalue weighted by molar-refractivity contribution is 5.89. The van der Waals surface area contributed by atoms with Gasteiger partial charge in [0.15, 0.2) is 0 Å². The first-order chi connectivity index (χ1) is 20.9. The highest BCUT2D eigenvalue weighted by Gasteiger charge is 2.26. The molecule has 0 unspecified atom stereocenters. The lowest BCUT2D eigenvalue weighted by molar-refractivity contribution is 0.390. The number of pyridine rings is 2. The van der Waals surface area contributed by atoms with Gasteiger partial charge in [-0.05, 0) is 71.2 Å². The van der Waals surface area contributed by atoms with Crippen molar-refractivity contribution in [1.82, 2.24) is 9.97 Å². The Morgan fingerprint density at radius 3 is 1.39 bits per heavy atom. The standard InChI is InChI=1S/C38H44N4O2/c1-37(2,3)31-19-27(25-11-9-15-39-21-25)17-29(35(31)43)23-41-33-13-7-8-14-34(33)42-24-30-18-28(26-12-10-16-40-22-26)20-32(36(30)44)38(4,5)6/h9-12,15-24,33-34,43-44H,7-8,13-14H2,1-6H3/t33-,34-/m1/s1. The maximum atomic E-state index is 11.3. The monoisotopic (exact) mass is 588 g/mol. The molecule has 1 aliphatic carbocycles. The second-order valence-corrected chi connectivity index (χ2v) is 13.9. The van der Waals surface area contributed by atoms with E-state index in [2.05, 4.69) is 63.6 Å². The molecule has 228 valence electrons. The predicted molar refractivity (Wildman–Crippen MR) is 181 cm³/mol. The Morgan fingerprint density at radius 2 is 1.05 bits per heavy atom. The maximum absolute atomic E-state index is 11.3. The molecule has 0 radical (unpaired) electrons. The molecule has 1 saturated carbocycles. The number of phenolic OH excluding ortho intramolecular Hbond substituents is 2. The van der Waals surface area contributed by atoms with Crippen LogP contribution in [0.2, 0.25) is 0 Å². The first-order valence-corrected chi connectivity index (χ1v) is 15.5. The van der Waals surface area contributed by atoms with Gasteiger partial charge < -0.3 is 10.2 Å². The molecule has 5 rings (SSSR count). The van der Waals surface area contributed by atoms with Gasteiger partial charge in [-0.3, -0.25) is 20.0 Å². The fourth-order valence-electron chi connectivity index (χ4n) is 5.85. The summed E-state index contributed by atoms with van der Waals surface area (Å²) in [6.45, 7) is 12.6. The van der Waals surface area contributed by atoms with E-state index < -0.39 is 0 Å². The van der Waals surface area contributed by atoms with Crippen molar-refractivity contribution in [1.29, 1.82) is 0 Å². The van der Waals surface area contributed by atoms with E-state index >= 15 is 0 Å². The highest BCUT2D eigenvalue weighted by Crippen LogP contribution is 2.38. The number of nitrogens with zero attached hydrogens (tertiary/aromatic N) is 4. The van der Waals surface area contributed by atoms with E-state index in [9.17, 15) is 10.2 Å². The predicted octanol–water partition coefficient (Wildman–Crippen LogP) is 8.67. The first-order valence-electron chi connectivity index (χ1n) is 15.5. The van der Waals surface area contributed by atoms with Gasteiger partial charge in [0.1, 0.15) is 11.5 Å². The summed E-state index contributed by atoms with van der Waals surface area (Å²) in [5.74, 6) is 0.521. The third-order valence-corrected chi connectivity index (χ3v) is 8.39. The number of aliphatic imine (C=N–C) groups is 2. The Bertz CT molecular complexity index is 1520. The molecule has 0 spiro atoms. The number of aromatic nitrogens is 2. The molecule has 44 heavy (non-hydrogen) atoms. The zero-order valence-electron chi connectivity index (χ0n) is 26.7. The largest absolute Gasteiger partial charge is 0.507 e. The van der Waals surface area contributed by atoms with Gasteiger partial charge in [-0.15, -0.1) is 0 Å². The molecule has 2 N–H and O–H groups in total. The van der Waals surface area contributed by atoms with Crippen molar-refractivity contribution in [2.24, 2.45) is 9.98 Å². The molecule has 0 bridgehead atoms. The van der Waals surface area contributed by atoms with Crippen molar-refractivity contribution < 1.29 is 10.2 Å². The third-order valence-electron chi connectivity index (χ3n) is 8.39. The average molecular weight is 589 g/mol. The van der Waals surface area contributed by atoms with Crippen LogP contribution in [0.15, 0.2) is 83.3 Å². The minimum atomic E-state index is -0.249. The summed E-state index contributed by atoms with van der Waals surface area (Å²) in [7, 11) is 0. The molecule has 1 fully saturated rings. The van der Waals surface area contributed by atoms with E-state index in [0.29, 0.717) is 11.1 Å². The molecule has 2 aromatic heterocycles. The van der Waals surface area contributed by atoms with E-state index in [1.807, 2.05) is 61.2 Å². The van der Waals surface area contributed by atoms with Gasteiger partial charge in [0.2, 0.25) is 0 Å². The first kappa shape index (κ1) is 31.1. The quantitative estimate of drug-likeness (QED) is 0.221. The van der Waals surface area contributed by atoms with E-state index in [1.165, 1.54) is 0 Å². The molecule has 1 aliphatic rings. The molecule has 2 aromatic carbocycles. The van der Waals surface area contributed by atoms with Crippen LogP contribution in [0.5, 0.6) is 11.5 Å². The molecule has 0 saturated heterocycles. The van der Waals surface area contributed by atoms with E-state index in [1.54, 1.807) is 12.4 Å². The SMILES string of the molecule is CC(C)(C)c1cc(-c2cccnc2)cc(C=N[C@@H]2CCCC[C@H]2N=Cc2cc(-c3cccnc3)cc(C(C)(C)C)c2O)c1O. The minimum absolute atomic E-state index is 0.0229. The Labute approximate surface area is 261 Å². The van der Waals surface area contributed by atoms with Crippen LogP contribution in [-0.4, -0.2) is 44.7 Å². The van der Waals surface area contributed by atoms with E-state index in [4.69, 9.17) is 9.98 Å². The van der Waals surface area contributed by atoms with Crippen molar-refractivity contribution in [3.05, 3.63) is 95.6 Å². The van der Waals surface area contributed by atoms with Crippen LogP contribution in [0.3, 0.4) is 0 Å². The summed E-state index contributed by atoms with van der Waals surface area (Å²) >= 11 is 0. The number of hydrogen-bond donors (Lipinski definition) is 2. The molecular weight excluding hydrogens is 544 g/mol. The summed E-state index contributed by atoms with van der Waals surface area (Å²) in [4.78, 5) is 18.6. The van der Waals surface area contributed by atoms with Crippen molar-refractivity contribution in [2.75, 3.05) is 0 Å². The second-order valence-electron chi connectivity index (χ2n) is 13.9. The van der Waals surface area contributed by atoms with E-state index in [0.717, 1.165) is 59.1 Å². The highest BCUT2D eigenvalue weighted by atomic mass is 16.3. The lowest BCUT2D eigenvalue weighted by atomic mass is 9.83. The zero-order valence-corrected chi connectivity index (χ0v) is 26.7. The van der Waals surface area contributed by atoms with Crippen LogP contribution in [0, 0.1) is 0 Å². The van der Waals surface area contributed by atoms with Gasteiger partial charge in [0.25, 0.3) is 0 Å². The van der Waals surface area contributed by atoms with Gasteiger partial charge in [-0.2, -0.15) is 0 Å². The summed E-state index contributed by atoms with van der Waals surface area (Å²) in [5, 5.41) is 22.6. The number of rotatable bonds is 6. The van der Waals surface area contributed by atoms with Crippen LogP contribution in [0.1, 0.15) is 89.5 Å². The fraction of sp³-hybridized carbons (Fsp3) is 0.368. The number of phenols is 2. The Hall–Kier alpha value is -4.32. The van der Waals surface area contributed by atoms with Gasteiger partial charge in [-0.25, -0.2) is 0 Å². The summed E-state index contributed by atoms with van der Waals surface area (Å²) in [6.07, 6.45) is 14.9. The van der Waals surface area contributed by atoms with E-state index in [-0.39, 0.29) is 34.4 Å². The number of aromatic hydroxyl groups is 2. The topological polar surface area (TPSA) is 91.0 Å². The van der Waals surface area contributed by atoms with Crippen LogP contribution in [-0.2, 0) is 10.8 Å². The van der Waals surface area contributed by atoms with Crippen molar-refractivity contribution in [3.63, 3.8) is 0 Å². The van der Waals surface area contributed by atoms with Gasteiger partial charge >= 0.3 is 0 Å². The summed E-state index contributed by atoms with van der Waals surface area (Å²) in [5.41, 5.74) is 6.63. The molecule has 6 nitrogen and oxygen atoms in total. The Balaban J connectivity index is 1.48. The van der Waals surface area contributed by atoms with Gasteiger partial charge in [0.05, 0.1) is 12.1 Å². The Kier molecular flexibility index (Phi) is 9.00. The maximum Gasteiger partial charge on any atom is 0.128 e. The van der Waals surface area contributed by atoms with Crippen molar-refractivity contribution in [3.8, 4) is 33.8 Å². The molecule has 0 aliphatic heterocycles. The third kappa shape index (κ3) is 7.07. The normalized spacial score (nSPS) is 17.9. The molecule has 4 aromatic rings. The fourth-order valence-corrected chi connectivity index (χ4v) is 5.85. The number of hydrogen-bond acceptors (Lipinski definition) is 6. The minimum Gasteiger partial charge on any atom is -0.507 e. The van der Waals surface area contributed by atoms with Crippen LogP contribution < -0.4 is 0 Å². The van der Waals surface area contributed by atoms with Crippen LogP contribution >= 0.6 is 0 Å². The zero-order chi connectivity index (χ0) is 31.5. The van der Waals surface area contributed by atoms with Crippen molar-refractivity contribution in [2.45, 2.75) is 90.1 Å². The Morgan fingerprint density at radius 1 is 0.636 bits per heavy atom. The smallest absolute Gasteiger partial charge is 0.128 e. The molecule has 2 atom stereocenters. The van der Waals surface area contributed by atoms with Crippen LogP contribution in [0.4, 0.5) is 0 Å². The summed E-state index contributed by atoms with van der Waals surface area (Å²) in [6, 6.07) is 15.9. The lowest BCUT2D eigenvalue weighted by Crippen LogP contribution is -2.27. The number of benzene rings is 2. The average Bonchev–Trinajstić information content (AvgIpc) is 3.00. The molecule has 6 heteroatoms. The molecule has 2 heterocycles. The van der Waals surface area contributed by atoms with Crippen molar-refractivity contribution >= 4 is 12.4 Å². The molecule has 0 amide bonds. The van der Waals surface area contributed by atoms with Gasteiger partial charge in [0, 0.05) is 70.6 Å².